The van der Waals surface area contributed by atoms with Crippen LogP contribution in [-0.2, 0) is 35.1 Å². The number of benzene rings is 1. The number of nitrogens with one attached hydrogen (secondary N) is 4. The minimum absolute atomic E-state index is 0.00710. The molecular formula is C22H33N7O7. The maximum Gasteiger partial charge on any atom is 0.426 e. The molecule has 0 fully saturated rings. The second-order valence-corrected chi connectivity index (χ2v) is 8.88. The molecule has 0 aromatic heterocycles. The number of nitrogens with two attached hydrogens (primary N) is 3. The van der Waals surface area contributed by atoms with Gasteiger partial charge in [0.25, 0.3) is 5.91 Å². The van der Waals surface area contributed by atoms with Gasteiger partial charge in [0.15, 0.2) is 0 Å². The fourth-order valence-electron chi connectivity index (χ4n) is 2.83. The Morgan fingerprint density at radius 2 is 1.36 bits per heavy atom. The fraction of sp³-hybridized carbons (Fsp3) is 0.455. The van der Waals surface area contributed by atoms with Gasteiger partial charge in [-0.15, -0.1) is 0 Å². The van der Waals surface area contributed by atoms with Gasteiger partial charge in [-0.1, -0.05) is 30.3 Å². The van der Waals surface area contributed by atoms with E-state index in [1.54, 1.807) is 51.1 Å². The summed E-state index contributed by atoms with van der Waals surface area (Å²) >= 11 is 0. The summed E-state index contributed by atoms with van der Waals surface area (Å²) in [7, 11) is 0. The summed E-state index contributed by atoms with van der Waals surface area (Å²) in [4.78, 5) is 72.4. The van der Waals surface area contributed by atoms with Crippen molar-refractivity contribution in [3.8, 4) is 0 Å². The fourth-order valence-corrected chi connectivity index (χ4v) is 2.83. The maximum absolute atomic E-state index is 12.9. The molecule has 6 amide bonds. The second-order valence-electron chi connectivity index (χ2n) is 8.88. The molecule has 1 rings (SSSR count). The highest BCUT2D eigenvalue weighted by Crippen LogP contribution is 2.07. The zero-order valence-corrected chi connectivity index (χ0v) is 20.3. The molecule has 0 spiro atoms. The van der Waals surface area contributed by atoms with E-state index < -0.39 is 72.2 Å². The molecule has 198 valence electrons. The lowest BCUT2D eigenvalue weighted by atomic mass is 10.0. The molecule has 14 nitrogen and oxygen atoms in total. The summed E-state index contributed by atoms with van der Waals surface area (Å²) in [6.45, 7) is 4.90. The van der Waals surface area contributed by atoms with Crippen LogP contribution >= 0.6 is 0 Å². The summed E-state index contributed by atoms with van der Waals surface area (Å²) in [5, 5.41) is 4.66. The summed E-state index contributed by atoms with van der Waals surface area (Å²) in [5.74, 6) is -4.43. The molecule has 14 heteroatoms. The van der Waals surface area contributed by atoms with Crippen molar-refractivity contribution in [1.82, 2.24) is 21.5 Å². The van der Waals surface area contributed by atoms with Gasteiger partial charge in [0.1, 0.15) is 17.7 Å². The lowest BCUT2D eigenvalue weighted by Crippen LogP contribution is -2.58. The Kier molecular flexibility index (Phi) is 11.3. The molecule has 10 N–H and O–H groups in total. The lowest BCUT2D eigenvalue weighted by Gasteiger charge is -2.24. The molecule has 0 aliphatic heterocycles. The van der Waals surface area contributed by atoms with Crippen LogP contribution in [0.25, 0.3) is 0 Å². The molecule has 0 saturated heterocycles. The van der Waals surface area contributed by atoms with E-state index in [9.17, 15) is 28.8 Å². The van der Waals surface area contributed by atoms with E-state index in [-0.39, 0.29) is 6.42 Å². The Bertz CT molecular complexity index is 963. The predicted molar refractivity (Wildman–Crippen MR) is 127 cm³/mol. The van der Waals surface area contributed by atoms with Gasteiger partial charge in [0.2, 0.25) is 23.6 Å². The van der Waals surface area contributed by atoms with Crippen molar-refractivity contribution in [2.75, 3.05) is 0 Å². The number of hydrogen-bond acceptors (Lipinski definition) is 8. The third kappa shape index (κ3) is 11.8. The number of primary amides is 2. The van der Waals surface area contributed by atoms with Crippen molar-refractivity contribution in [2.45, 2.75) is 63.8 Å². The number of ether oxygens (including phenoxy) is 1. The second kappa shape index (κ2) is 13.6. The van der Waals surface area contributed by atoms with Gasteiger partial charge in [-0.2, -0.15) is 0 Å². The van der Waals surface area contributed by atoms with E-state index in [2.05, 4.69) is 21.5 Å². The van der Waals surface area contributed by atoms with Crippen LogP contribution in [0.1, 0.15) is 39.2 Å². The van der Waals surface area contributed by atoms with E-state index in [1.165, 1.54) is 0 Å². The predicted octanol–water partition coefficient (Wildman–Crippen LogP) is -2.17. The summed E-state index contributed by atoms with van der Waals surface area (Å²) in [6.07, 6.45) is -2.04. The minimum atomic E-state index is -1.50. The third-order valence-electron chi connectivity index (χ3n) is 4.40. The minimum Gasteiger partial charge on any atom is -0.443 e. The van der Waals surface area contributed by atoms with Crippen molar-refractivity contribution in [3.05, 3.63) is 35.9 Å². The highest BCUT2D eigenvalue weighted by molar-refractivity contribution is 5.96. The zero-order valence-electron chi connectivity index (χ0n) is 20.3. The largest absolute Gasteiger partial charge is 0.443 e. The molecule has 0 radical (unpaired) electrons. The molecule has 0 bridgehead atoms. The monoisotopic (exact) mass is 507 g/mol. The number of rotatable bonds is 11. The van der Waals surface area contributed by atoms with E-state index in [0.29, 0.717) is 5.56 Å². The van der Waals surface area contributed by atoms with Crippen LogP contribution in [0.2, 0.25) is 0 Å². The van der Waals surface area contributed by atoms with Gasteiger partial charge >= 0.3 is 6.09 Å². The van der Waals surface area contributed by atoms with Gasteiger partial charge in [-0.3, -0.25) is 29.4 Å². The molecule has 0 saturated carbocycles. The summed E-state index contributed by atoms with van der Waals surface area (Å²) < 4.78 is 5.05. The van der Waals surface area contributed by atoms with Crippen LogP contribution in [0.5, 0.6) is 0 Å². The smallest absolute Gasteiger partial charge is 0.426 e. The Labute approximate surface area is 208 Å². The maximum atomic E-state index is 12.9. The quantitative estimate of drug-likeness (QED) is 0.162. The van der Waals surface area contributed by atoms with Crippen molar-refractivity contribution < 1.29 is 33.5 Å². The van der Waals surface area contributed by atoms with Gasteiger partial charge in [0.05, 0.1) is 18.9 Å². The van der Waals surface area contributed by atoms with Crippen LogP contribution in [-0.4, -0.2) is 59.4 Å². The van der Waals surface area contributed by atoms with E-state index in [4.69, 9.17) is 21.9 Å². The van der Waals surface area contributed by atoms with Gasteiger partial charge in [0, 0.05) is 6.42 Å². The van der Waals surface area contributed by atoms with Crippen molar-refractivity contribution in [1.29, 1.82) is 0 Å². The molecule has 0 aliphatic carbocycles. The first-order chi connectivity index (χ1) is 16.7. The molecular weight excluding hydrogens is 474 g/mol. The van der Waals surface area contributed by atoms with Crippen LogP contribution in [0.15, 0.2) is 30.3 Å². The van der Waals surface area contributed by atoms with Gasteiger partial charge < -0.3 is 32.6 Å². The normalized spacial score (nSPS) is 13.3. The standard InChI is InChI=1S/C22H33N7O7/c1-22(2,3)36-21(35)29-28-20(34)14(9-12-7-5-4-6-8-12)27-19(33)15(11-17(25)31)26-18(32)13(23)10-16(24)30/h4-8,13-15H,9-11,23H2,1-3H3,(H2,24,30)(H2,25,31)(H,26,32)(H,27,33)(H,28,34)(H,29,35)/t13-,14-,15-/m0/s1. The molecule has 1 aromatic carbocycles. The average Bonchev–Trinajstić information content (AvgIpc) is 2.75. The molecule has 1 aromatic rings. The van der Waals surface area contributed by atoms with Crippen LogP contribution < -0.4 is 38.7 Å². The van der Waals surface area contributed by atoms with Crippen molar-refractivity contribution >= 4 is 35.6 Å². The van der Waals surface area contributed by atoms with E-state index in [1.807, 2.05) is 0 Å². The molecule has 0 unspecified atom stereocenters. The number of carbonyl (C=O) groups excluding carboxylic acids is 6. The van der Waals surface area contributed by atoms with E-state index >= 15 is 0 Å². The number of carbonyl (C=O) groups is 6. The summed E-state index contributed by atoms with van der Waals surface area (Å²) in [5.41, 5.74) is 19.9. The molecule has 3 atom stereocenters. The van der Waals surface area contributed by atoms with Crippen LogP contribution in [0.3, 0.4) is 0 Å². The number of amides is 6. The average molecular weight is 508 g/mol. The first-order valence-electron chi connectivity index (χ1n) is 10.9. The number of hydrogen-bond donors (Lipinski definition) is 7. The molecule has 36 heavy (non-hydrogen) atoms. The van der Waals surface area contributed by atoms with Gasteiger partial charge in [-0.25, -0.2) is 10.2 Å². The topological polar surface area (TPSA) is 238 Å². The Balaban J connectivity index is 3.01. The molecule has 0 heterocycles. The van der Waals surface area contributed by atoms with Crippen LogP contribution in [0, 0.1) is 0 Å². The lowest BCUT2D eigenvalue weighted by molar-refractivity contribution is -0.134. The number of hydrazine groups is 1. The van der Waals surface area contributed by atoms with E-state index in [0.717, 1.165) is 0 Å². The van der Waals surface area contributed by atoms with Crippen LogP contribution in [0.4, 0.5) is 4.79 Å². The highest BCUT2D eigenvalue weighted by atomic mass is 16.6. The first-order valence-corrected chi connectivity index (χ1v) is 10.9. The SMILES string of the molecule is CC(C)(C)OC(=O)NNC(=O)[C@H](Cc1ccccc1)NC(=O)[C@H](CC(N)=O)NC(=O)[C@@H](N)CC(N)=O. The van der Waals surface area contributed by atoms with Crippen molar-refractivity contribution in [3.63, 3.8) is 0 Å². The zero-order chi connectivity index (χ0) is 27.5. The first kappa shape index (κ1) is 29.8. The Morgan fingerprint density at radius 3 is 1.89 bits per heavy atom. The Hall–Kier alpha value is -4.20. The summed E-state index contributed by atoms with van der Waals surface area (Å²) in [6, 6.07) is 4.50. The highest BCUT2D eigenvalue weighted by Gasteiger charge is 2.30. The molecule has 0 aliphatic rings. The van der Waals surface area contributed by atoms with Crippen molar-refractivity contribution in [2.24, 2.45) is 17.2 Å². The van der Waals surface area contributed by atoms with Gasteiger partial charge in [-0.05, 0) is 26.3 Å². The third-order valence-corrected chi connectivity index (χ3v) is 4.40. The Morgan fingerprint density at radius 1 is 0.806 bits per heavy atom.